The van der Waals surface area contributed by atoms with Crippen molar-refractivity contribution in [3.05, 3.63) is 70.5 Å². The highest BCUT2D eigenvalue weighted by Crippen LogP contribution is 2.75. The minimum Gasteiger partial charge on any atom is -0.465 e. The van der Waals surface area contributed by atoms with Crippen molar-refractivity contribution in [2.45, 2.75) is 132 Å². The lowest BCUT2D eigenvalue weighted by Crippen LogP contribution is -2.67. The maximum absolute atomic E-state index is 15.0. The first kappa shape index (κ1) is 40.4. The number of methoxy groups -OCH3 is 1. The van der Waals surface area contributed by atoms with Gasteiger partial charge in [-0.15, -0.1) is 0 Å². The third kappa shape index (κ3) is 6.60. The normalized spacial score (nSPS) is 35.5. The molecule has 6 rings (SSSR count). The molecule has 7 nitrogen and oxygen atoms in total. The van der Waals surface area contributed by atoms with Gasteiger partial charge in [0.1, 0.15) is 5.82 Å². The van der Waals surface area contributed by atoms with Gasteiger partial charge in [-0.2, -0.15) is 0 Å². The molecule has 9 atom stereocenters. The molecule has 2 aromatic carbocycles. The summed E-state index contributed by atoms with van der Waals surface area (Å²) >= 11 is 0. The zero-order chi connectivity index (χ0) is 39.3. The summed E-state index contributed by atoms with van der Waals surface area (Å²) in [5.74, 6) is 0.304. The molecule has 4 saturated carbocycles. The van der Waals surface area contributed by atoms with Crippen LogP contribution in [-0.2, 0) is 22.5 Å². The average molecular weight is 745 g/mol. The quantitative estimate of drug-likeness (QED) is 0.211. The third-order valence-electron chi connectivity index (χ3n) is 16.4. The Labute approximate surface area is 323 Å². The Morgan fingerprint density at radius 3 is 2.35 bits per heavy atom. The molecular formula is C46H65FN2O5. The maximum atomic E-state index is 15.0. The van der Waals surface area contributed by atoms with E-state index in [2.05, 4.69) is 59.1 Å². The van der Waals surface area contributed by atoms with Gasteiger partial charge >= 0.3 is 5.97 Å². The minimum atomic E-state index is -0.613. The second-order valence-electron chi connectivity index (χ2n) is 18.9. The number of carbonyl (C=O) groups is 3. The molecule has 296 valence electrons. The lowest BCUT2D eigenvalue weighted by molar-refractivity contribution is -0.246. The lowest BCUT2D eigenvalue weighted by atomic mass is 9.32. The number of hydrogen-bond acceptors (Lipinski definition) is 5. The van der Waals surface area contributed by atoms with Gasteiger partial charge in [-0.05, 0) is 145 Å². The van der Waals surface area contributed by atoms with Gasteiger partial charge in [0.15, 0.2) is 0 Å². The van der Waals surface area contributed by atoms with Crippen molar-refractivity contribution < 1.29 is 28.6 Å². The second kappa shape index (κ2) is 15.0. The summed E-state index contributed by atoms with van der Waals surface area (Å²) in [6, 6.07) is 11.5. The van der Waals surface area contributed by atoms with Crippen LogP contribution in [0.4, 0.5) is 4.39 Å². The first-order valence-electron chi connectivity index (χ1n) is 20.7. The zero-order valence-electron chi connectivity index (χ0n) is 34.1. The lowest BCUT2D eigenvalue weighted by Gasteiger charge is -2.72. The summed E-state index contributed by atoms with van der Waals surface area (Å²) in [6.45, 7) is 17.3. The number of esters is 1. The monoisotopic (exact) mass is 744 g/mol. The van der Waals surface area contributed by atoms with Gasteiger partial charge in [0.05, 0.1) is 29.8 Å². The van der Waals surface area contributed by atoms with Crippen LogP contribution in [0.1, 0.15) is 145 Å². The van der Waals surface area contributed by atoms with Gasteiger partial charge in [-0.25, -0.2) is 9.18 Å². The zero-order valence-corrected chi connectivity index (χ0v) is 34.1. The predicted molar refractivity (Wildman–Crippen MR) is 210 cm³/mol. The van der Waals surface area contributed by atoms with Crippen molar-refractivity contribution in [1.29, 1.82) is 0 Å². The number of amides is 2. The number of aliphatic hydroxyl groups excluding tert-OH is 1. The van der Waals surface area contributed by atoms with E-state index in [0.717, 1.165) is 56.9 Å². The summed E-state index contributed by atoms with van der Waals surface area (Å²) in [7, 11) is 1.33. The van der Waals surface area contributed by atoms with Crippen molar-refractivity contribution in [3.8, 4) is 0 Å². The summed E-state index contributed by atoms with van der Waals surface area (Å²) in [4.78, 5) is 39.5. The van der Waals surface area contributed by atoms with Crippen LogP contribution in [0, 0.1) is 56.6 Å². The molecule has 0 saturated heterocycles. The molecule has 4 aliphatic rings. The van der Waals surface area contributed by atoms with Crippen LogP contribution in [0.2, 0.25) is 0 Å². The molecule has 3 N–H and O–H groups in total. The first-order valence-corrected chi connectivity index (χ1v) is 20.7. The van der Waals surface area contributed by atoms with E-state index >= 15 is 0 Å². The van der Waals surface area contributed by atoms with Gasteiger partial charge in [0.25, 0.3) is 5.91 Å². The molecule has 0 aliphatic heterocycles. The largest absolute Gasteiger partial charge is 0.465 e. The van der Waals surface area contributed by atoms with E-state index in [1.807, 2.05) is 6.07 Å². The Hall–Kier alpha value is -3.26. The predicted octanol–water partition coefficient (Wildman–Crippen LogP) is 9.05. The number of fused-ring (bicyclic) bond motifs is 5. The van der Waals surface area contributed by atoms with Gasteiger partial charge in [0.2, 0.25) is 5.91 Å². The Morgan fingerprint density at radius 1 is 0.870 bits per heavy atom. The molecule has 8 unspecified atom stereocenters. The van der Waals surface area contributed by atoms with Crippen LogP contribution in [0.3, 0.4) is 0 Å². The van der Waals surface area contributed by atoms with Gasteiger partial charge in [-0.1, -0.05) is 73.1 Å². The Morgan fingerprint density at radius 2 is 1.63 bits per heavy atom. The van der Waals surface area contributed by atoms with Gasteiger partial charge < -0.3 is 20.5 Å². The minimum absolute atomic E-state index is 0.0561. The topological polar surface area (TPSA) is 105 Å². The van der Waals surface area contributed by atoms with Crippen LogP contribution >= 0.6 is 0 Å². The molecule has 0 bridgehead atoms. The van der Waals surface area contributed by atoms with Crippen molar-refractivity contribution in [2.24, 2.45) is 50.7 Å². The Bertz CT molecular complexity index is 1740. The fourth-order valence-corrected chi connectivity index (χ4v) is 13.2. The van der Waals surface area contributed by atoms with Crippen LogP contribution in [0.5, 0.6) is 0 Å². The molecule has 2 amide bonds. The van der Waals surface area contributed by atoms with Crippen molar-refractivity contribution in [1.82, 2.24) is 10.6 Å². The first-order chi connectivity index (χ1) is 25.5. The number of carbonyl (C=O) groups excluding carboxylic acids is 3. The fourth-order valence-electron chi connectivity index (χ4n) is 13.2. The molecule has 0 radical (unpaired) electrons. The highest BCUT2D eigenvalue weighted by molar-refractivity contribution is 5.94. The summed E-state index contributed by atoms with van der Waals surface area (Å²) in [5.41, 5.74) is 1.88. The van der Waals surface area contributed by atoms with Crippen LogP contribution in [-0.4, -0.2) is 42.6 Å². The second-order valence-corrected chi connectivity index (χ2v) is 18.9. The van der Waals surface area contributed by atoms with E-state index in [0.29, 0.717) is 35.3 Å². The highest BCUT2D eigenvalue weighted by atomic mass is 19.1. The molecule has 0 aromatic heterocycles. The van der Waals surface area contributed by atoms with Crippen LogP contribution in [0.25, 0.3) is 0 Å². The van der Waals surface area contributed by atoms with Crippen LogP contribution < -0.4 is 10.6 Å². The average Bonchev–Trinajstić information content (AvgIpc) is 3.14. The van der Waals surface area contributed by atoms with Crippen molar-refractivity contribution >= 4 is 17.8 Å². The summed E-state index contributed by atoms with van der Waals surface area (Å²) in [5, 5.41) is 17.1. The van der Waals surface area contributed by atoms with E-state index in [4.69, 9.17) is 4.74 Å². The standard InChI is InChI=1S/C46H65FN2O5/c1-9-20-46(24-23-44(6)34(29(46)2)14-16-37-43(5)21-18-38(50)42(3,4)36(43)17-22-45(37,44)7)41(53)49-28-31-13-15-35(47)33(27-31)39(51)48-25-19-30-11-10-12-32(26-30)40(52)54-8/h10-13,15,26-27,29,34,36-38,50H,9,14,16-25,28H2,1-8H3,(H,48,51)(H,49,53)/t29?,34?,36?,37?,38?,43?,44-,45?,46?/m1/s1. The molecule has 4 aliphatic carbocycles. The number of nitrogens with one attached hydrogen (secondary N) is 2. The molecule has 54 heavy (non-hydrogen) atoms. The molecule has 4 fully saturated rings. The number of rotatable bonds is 10. The molecule has 8 heteroatoms. The van der Waals surface area contributed by atoms with Crippen molar-refractivity contribution in [2.75, 3.05) is 13.7 Å². The van der Waals surface area contributed by atoms with Crippen LogP contribution in [0.15, 0.2) is 42.5 Å². The van der Waals surface area contributed by atoms with Gasteiger partial charge in [0, 0.05) is 13.1 Å². The van der Waals surface area contributed by atoms with E-state index in [1.54, 1.807) is 30.3 Å². The number of aliphatic hydroxyl groups is 1. The molecule has 0 spiro atoms. The molecule has 2 aromatic rings. The number of hydrogen-bond donors (Lipinski definition) is 3. The number of halogens is 1. The number of benzene rings is 2. The van der Waals surface area contributed by atoms with Gasteiger partial charge in [-0.3, -0.25) is 9.59 Å². The SMILES string of the molecule is CCCC1(C(=O)NCc2ccc(F)c(C(=O)NCCc3cccc(C(=O)OC)c3)c2)CC[C@]2(C)C(CCC3C4(C)CCC(O)C(C)(C)C4CCC32C)C1C. The molecular weight excluding hydrogens is 680 g/mol. The van der Waals surface area contributed by atoms with E-state index in [9.17, 15) is 23.9 Å². The third-order valence-corrected chi connectivity index (χ3v) is 16.4. The Balaban J connectivity index is 1.13. The van der Waals surface area contributed by atoms with E-state index < -0.39 is 23.1 Å². The molecule has 0 heterocycles. The highest BCUT2D eigenvalue weighted by Gasteiger charge is 2.69. The fraction of sp³-hybridized carbons (Fsp3) is 0.674. The van der Waals surface area contributed by atoms with E-state index in [1.165, 1.54) is 26.0 Å². The summed E-state index contributed by atoms with van der Waals surface area (Å²) in [6.07, 6.45) is 10.5. The summed E-state index contributed by atoms with van der Waals surface area (Å²) < 4.78 is 19.8. The number of ether oxygens (including phenoxy) is 1. The van der Waals surface area contributed by atoms with Crippen molar-refractivity contribution in [3.63, 3.8) is 0 Å². The Kier molecular flexibility index (Phi) is 11.2. The maximum Gasteiger partial charge on any atom is 0.337 e. The smallest absolute Gasteiger partial charge is 0.337 e. The van der Waals surface area contributed by atoms with E-state index in [-0.39, 0.29) is 58.2 Å².